The van der Waals surface area contributed by atoms with Crippen LogP contribution in [-0.2, 0) is 0 Å². The summed E-state index contributed by atoms with van der Waals surface area (Å²) in [6.07, 6.45) is 3.48. The minimum Gasteiger partial charge on any atom is -0.320 e. The van der Waals surface area contributed by atoms with Gasteiger partial charge in [-0.2, -0.15) is 0 Å². The molecule has 1 aromatic heterocycles. The Hall–Kier alpha value is -1.09. The molecule has 1 heterocycles. The van der Waals surface area contributed by atoms with Gasteiger partial charge in [0.05, 0.1) is 11.9 Å². The monoisotopic (exact) mass is 123 g/mol. The van der Waals surface area contributed by atoms with Gasteiger partial charge < -0.3 is 5.43 Å². The van der Waals surface area contributed by atoms with E-state index in [1.165, 1.54) is 0 Å². The van der Waals surface area contributed by atoms with E-state index in [1.807, 2.05) is 19.2 Å². The first kappa shape index (κ1) is 6.04. The molecule has 0 unspecified atom stereocenters. The fraction of sp³-hybridized carbons (Fsp3) is 0.167. The van der Waals surface area contributed by atoms with Crippen LogP contribution in [0.1, 0.15) is 0 Å². The number of nitrogens with one attached hydrogen (secondary N) is 2. The average Bonchev–Trinajstić information content (AvgIpc) is 1.91. The molecule has 1 rings (SSSR count). The van der Waals surface area contributed by atoms with Crippen LogP contribution in [0.3, 0.4) is 0 Å². The molecule has 3 nitrogen and oxygen atoms in total. The molecule has 0 bridgehead atoms. The minimum atomic E-state index is 0.972. The Balaban J connectivity index is 2.61. The molecule has 0 spiro atoms. The van der Waals surface area contributed by atoms with E-state index in [2.05, 4.69) is 15.8 Å². The summed E-state index contributed by atoms with van der Waals surface area (Å²) in [6.45, 7) is 0. The second kappa shape index (κ2) is 3.04. The van der Waals surface area contributed by atoms with Crippen molar-refractivity contribution in [2.45, 2.75) is 0 Å². The van der Waals surface area contributed by atoms with Crippen molar-refractivity contribution in [1.82, 2.24) is 10.4 Å². The van der Waals surface area contributed by atoms with Crippen molar-refractivity contribution in [3.05, 3.63) is 24.5 Å². The highest BCUT2D eigenvalue weighted by atomic mass is 15.3. The molecule has 0 aliphatic carbocycles. The molecule has 9 heavy (non-hydrogen) atoms. The third kappa shape index (κ3) is 1.70. The van der Waals surface area contributed by atoms with Crippen LogP contribution in [0.2, 0.25) is 0 Å². The lowest BCUT2D eigenvalue weighted by atomic mass is 10.4. The van der Waals surface area contributed by atoms with Crippen molar-refractivity contribution in [1.29, 1.82) is 0 Å². The standard InChI is InChI=1S/C6H9N3/c1-7-9-6-3-2-4-8-5-6/h2-5,7,9H,1H3. The molecule has 3 heteroatoms. The third-order valence-electron chi connectivity index (χ3n) is 0.931. The van der Waals surface area contributed by atoms with E-state index in [-0.39, 0.29) is 0 Å². The van der Waals surface area contributed by atoms with Crippen LogP contribution >= 0.6 is 0 Å². The maximum Gasteiger partial charge on any atom is 0.0670 e. The predicted octanol–water partition coefficient (Wildman–Crippen LogP) is 0.628. The quantitative estimate of drug-likeness (QED) is 0.566. The van der Waals surface area contributed by atoms with E-state index < -0.39 is 0 Å². The molecule has 48 valence electrons. The van der Waals surface area contributed by atoms with E-state index in [0.717, 1.165) is 5.69 Å². The van der Waals surface area contributed by atoms with Crippen molar-refractivity contribution < 1.29 is 0 Å². The van der Waals surface area contributed by atoms with Gasteiger partial charge in [-0.05, 0) is 12.1 Å². The number of hydrogen-bond donors (Lipinski definition) is 2. The van der Waals surface area contributed by atoms with Gasteiger partial charge in [-0.25, -0.2) is 5.43 Å². The molecular formula is C6H9N3. The van der Waals surface area contributed by atoms with Crippen molar-refractivity contribution in [3.8, 4) is 0 Å². The van der Waals surface area contributed by atoms with Gasteiger partial charge in [-0.15, -0.1) is 0 Å². The molecule has 0 saturated heterocycles. The maximum atomic E-state index is 3.90. The number of rotatable bonds is 2. The number of nitrogens with zero attached hydrogens (tertiary/aromatic N) is 1. The van der Waals surface area contributed by atoms with Gasteiger partial charge in [-0.1, -0.05) is 0 Å². The molecular weight excluding hydrogens is 114 g/mol. The summed E-state index contributed by atoms with van der Waals surface area (Å²) >= 11 is 0. The van der Waals surface area contributed by atoms with Crippen LogP contribution in [0, 0.1) is 0 Å². The van der Waals surface area contributed by atoms with Crippen LogP contribution in [0.25, 0.3) is 0 Å². The average molecular weight is 123 g/mol. The minimum absolute atomic E-state index is 0.972. The van der Waals surface area contributed by atoms with E-state index in [4.69, 9.17) is 0 Å². The van der Waals surface area contributed by atoms with Crippen molar-refractivity contribution in [2.24, 2.45) is 0 Å². The van der Waals surface area contributed by atoms with Gasteiger partial charge in [0, 0.05) is 13.2 Å². The zero-order valence-electron chi connectivity index (χ0n) is 5.26. The molecule has 2 N–H and O–H groups in total. The highest BCUT2D eigenvalue weighted by Gasteiger charge is 1.82. The normalized spacial score (nSPS) is 9.00. The van der Waals surface area contributed by atoms with Crippen LogP contribution < -0.4 is 10.9 Å². The highest BCUT2D eigenvalue weighted by molar-refractivity contribution is 5.37. The molecule has 0 radical (unpaired) electrons. The van der Waals surface area contributed by atoms with Gasteiger partial charge in [0.15, 0.2) is 0 Å². The van der Waals surface area contributed by atoms with Crippen molar-refractivity contribution in [2.75, 3.05) is 12.5 Å². The SMILES string of the molecule is CNNc1cccnc1. The van der Waals surface area contributed by atoms with Crippen LogP contribution in [0.15, 0.2) is 24.5 Å². The molecule has 0 atom stereocenters. The lowest BCUT2D eigenvalue weighted by Crippen LogP contribution is -2.14. The predicted molar refractivity (Wildman–Crippen MR) is 36.9 cm³/mol. The second-order valence-corrected chi connectivity index (χ2v) is 1.62. The van der Waals surface area contributed by atoms with Crippen LogP contribution in [-0.4, -0.2) is 12.0 Å². The summed E-state index contributed by atoms with van der Waals surface area (Å²) in [5, 5.41) is 0. The Morgan fingerprint density at radius 2 is 2.44 bits per heavy atom. The molecule has 0 fully saturated rings. The van der Waals surface area contributed by atoms with E-state index >= 15 is 0 Å². The third-order valence-corrected chi connectivity index (χ3v) is 0.931. The molecule has 0 aliphatic heterocycles. The molecule has 0 aromatic carbocycles. The maximum absolute atomic E-state index is 3.90. The first-order valence-corrected chi connectivity index (χ1v) is 2.76. The Kier molecular flexibility index (Phi) is 2.04. The largest absolute Gasteiger partial charge is 0.320 e. The molecule has 1 aromatic rings. The molecule has 0 saturated carbocycles. The van der Waals surface area contributed by atoms with Gasteiger partial charge >= 0.3 is 0 Å². The number of hydrazine groups is 1. The highest BCUT2D eigenvalue weighted by Crippen LogP contribution is 1.98. The number of hydrogen-bond acceptors (Lipinski definition) is 3. The Bertz CT molecular complexity index is 161. The smallest absolute Gasteiger partial charge is 0.0670 e. The lowest BCUT2D eigenvalue weighted by Gasteiger charge is -2.00. The first-order valence-electron chi connectivity index (χ1n) is 2.76. The second-order valence-electron chi connectivity index (χ2n) is 1.62. The van der Waals surface area contributed by atoms with Crippen molar-refractivity contribution in [3.63, 3.8) is 0 Å². The van der Waals surface area contributed by atoms with Gasteiger partial charge in [0.1, 0.15) is 0 Å². The summed E-state index contributed by atoms with van der Waals surface area (Å²) in [7, 11) is 1.81. The zero-order valence-corrected chi connectivity index (χ0v) is 5.26. The summed E-state index contributed by atoms with van der Waals surface area (Å²) in [6, 6.07) is 3.81. The summed E-state index contributed by atoms with van der Waals surface area (Å²) < 4.78 is 0. The summed E-state index contributed by atoms with van der Waals surface area (Å²) in [4.78, 5) is 3.90. The number of aromatic nitrogens is 1. The number of anilines is 1. The summed E-state index contributed by atoms with van der Waals surface area (Å²) in [5.41, 5.74) is 6.66. The fourth-order valence-corrected chi connectivity index (χ4v) is 0.581. The van der Waals surface area contributed by atoms with E-state index in [9.17, 15) is 0 Å². The number of pyridine rings is 1. The van der Waals surface area contributed by atoms with E-state index in [1.54, 1.807) is 12.4 Å². The molecule has 0 amide bonds. The topological polar surface area (TPSA) is 37.0 Å². The van der Waals surface area contributed by atoms with Crippen LogP contribution in [0.5, 0.6) is 0 Å². The van der Waals surface area contributed by atoms with E-state index in [0.29, 0.717) is 0 Å². The van der Waals surface area contributed by atoms with Crippen LogP contribution in [0.4, 0.5) is 5.69 Å². The zero-order chi connectivity index (χ0) is 6.53. The van der Waals surface area contributed by atoms with Gasteiger partial charge in [0.25, 0.3) is 0 Å². The molecule has 0 aliphatic rings. The summed E-state index contributed by atoms with van der Waals surface area (Å²) in [5.74, 6) is 0. The Morgan fingerprint density at radius 3 is 3.00 bits per heavy atom. The Morgan fingerprint density at radius 1 is 1.56 bits per heavy atom. The fourth-order valence-electron chi connectivity index (χ4n) is 0.581. The first-order chi connectivity index (χ1) is 4.43. The van der Waals surface area contributed by atoms with Crippen molar-refractivity contribution >= 4 is 5.69 Å². The lowest BCUT2D eigenvalue weighted by molar-refractivity contribution is 0.980. The Labute approximate surface area is 54.1 Å². The van der Waals surface area contributed by atoms with Gasteiger partial charge in [-0.3, -0.25) is 4.98 Å². The van der Waals surface area contributed by atoms with Gasteiger partial charge in [0.2, 0.25) is 0 Å².